The quantitative estimate of drug-likeness (QED) is 0.463. The van der Waals surface area contributed by atoms with E-state index in [4.69, 9.17) is 9.84 Å². The van der Waals surface area contributed by atoms with Crippen molar-refractivity contribution in [2.75, 3.05) is 0 Å². The Labute approximate surface area is 185 Å². The summed E-state index contributed by atoms with van der Waals surface area (Å²) in [6.07, 6.45) is 3.54. The molecule has 0 saturated heterocycles. The molecule has 1 fully saturated rings. The van der Waals surface area contributed by atoms with Crippen molar-refractivity contribution in [1.29, 1.82) is 0 Å². The van der Waals surface area contributed by atoms with Crippen molar-refractivity contribution in [2.24, 2.45) is 5.92 Å². The summed E-state index contributed by atoms with van der Waals surface area (Å²) in [6, 6.07) is 11.7. The second-order valence-corrected chi connectivity index (χ2v) is 8.26. The number of benzene rings is 2. The zero-order valence-corrected chi connectivity index (χ0v) is 17.8. The number of rotatable bonds is 8. The van der Waals surface area contributed by atoms with Gasteiger partial charge in [0.15, 0.2) is 6.04 Å². The standard InChI is InChI=1S/C23H25NO6S/c25-21(18-3-1-2-4-19(18)31)24-20(23(28)29)15-9-11-17(12-10-15)30-13-14-5-7-16(8-6-14)22(26)27/h5-12,18-20,31H,1-4,13H2,(H,24,25)(H,26,27)(H,28,29)/t18?,19?,20-/m1/s1. The summed E-state index contributed by atoms with van der Waals surface area (Å²) in [4.78, 5) is 35.3. The first-order valence-electron chi connectivity index (χ1n) is 10.1. The molecule has 2 unspecified atom stereocenters. The van der Waals surface area contributed by atoms with Crippen LogP contribution in [0.3, 0.4) is 0 Å². The number of nitrogens with one attached hydrogen (secondary N) is 1. The first-order valence-corrected chi connectivity index (χ1v) is 10.6. The smallest absolute Gasteiger partial charge is 0.335 e. The van der Waals surface area contributed by atoms with Crippen molar-refractivity contribution in [2.45, 2.75) is 43.6 Å². The molecule has 164 valence electrons. The van der Waals surface area contributed by atoms with E-state index >= 15 is 0 Å². The van der Waals surface area contributed by atoms with Crippen LogP contribution in [0.2, 0.25) is 0 Å². The topological polar surface area (TPSA) is 113 Å². The molecule has 3 atom stereocenters. The van der Waals surface area contributed by atoms with Gasteiger partial charge in [-0.15, -0.1) is 0 Å². The summed E-state index contributed by atoms with van der Waals surface area (Å²) >= 11 is 4.49. The van der Waals surface area contributed by atoms with Crippen LogP contribution in [0.15, 0.2) is 48.5 Å². The number of ether oxygens (including phenoxy) is 1. The lowest BCUT2D eigenvalue weighted by atomic mass is 9.87. The third-order valence-corrected chi connectivity index (χ3v) is 6.04. The predicted octanol–water partition coefficient (Wildman–Crippen LogP) is 3.69. The Hall–Kier alpha value is -3.00. The van der Waals surface area contributed by atoms with Crippen LogP contribution in [0, 0.1) is 5.92 Å². The summed E-state index contributed by atoms with van der Waals surface area (Å²) < 4.78 is 5.69. The zero-order chi connectivity index (χ0) is 22.4. The molecule has 2 aromatic rings. The lowest BCUT2D eigenvalue weighted by molar-refractivity contribution is -0.142. The van der Waals surface area contributed by atoms with Gasteiger partial charge in [-0.25, -0.2) is 9.59 Å². The average molecular weight is 444 g/mol. The molecule has 0 heterocycles. The van der Waals surface area contributed by atoms with Crippen LogP contribution in [0.4, 0.5) is 0 Å². The van der Waals surface area contributed by atoms with E-state index in [1.54, 1.807) is 36.4 Å². The first-order chi connectivity index (χ1) is 14.8. The molecule has 1 aliphatic carbocycles. The van der Waals surface area contributed by atoms with Gasteiger partial charge in [0.1, 0.15) is 12.4 Å². The van der Waals surface area contributed by atoms with Gasteiger partial charge < -0.3 is 20.3 Å². The van der Waals surface area contributed by atoms with Crippen LogP contribution < -0.4 is 10.1 Å². The van der Waals surface area contributed by atoms with Crippen LogP contribution in [-0.2, 0) is 16.2 Å². The third-order valence-electron chi connectivity index (χ3n) is 5.42. The number of carboxylic acids is 2. The van der Waals surface area contributed by atoms with E-state index in [9.17, 15) is 19.5 Å². The van der Waals surface area contributed by atoms with Gasteiger partial charge >= 0.3 is 11.9 Å². The number of hydrogen-bond acceptors (Lipinski definition) is 5. The molecule has 0 radical (unpaired) electrons. The molecule has 31 heavy (non-hydrogen) atoms. The van der Waals surface area contributed by atoms with Crippen molar-refractivity contribution < 1.29 is 29.3 Å². The van der Waals surface area contributed by atoms with Crippen LogP contribution in [-0.4, -0.2) is 33.3 Å². The number of amides is 1. The van der Waals surface area contributed by atoms with E-state index in [2.05, 4.69) is 17.9 Å². The van der Waals surface area contributed by atoms with Gasteiger partial charge in [0, 0.05) is 11.2 Å². The highest BCUT2D eigenvalue weighted by Crippen LogP contribution is 2.29. The zero-order valence-electron chi connectivity index (χ0n) is 16.9. The van der Waals surface area contributed by atoms with Gasteiger partial charge in [-0.1, -0.05) is 37.1 Å². The van der Waals surface area contributed by atoms with Crippen molar-refractivity contribution >= 4 is 30.5 Å². The van der Waals surface area contributed by atoms with Crippen molar-refractivity contribution in [3.63, 3.8) is 0 Å². The number of carboxylic acid groups (broad SMARTS) is 2. The second-order valence-electron chi connectivity index (χ2n) is 7.60. The largest absolute Gasteiger partial charge is 0.489 e. The molecular formula is C23H25NO6S. The molecule has 3 N–H and O–H groups in total. The summed E-state index contributed by atoms with van der Waals surface area (Å²) in [5, 5.41) is 21.1. The highest BCUT2D eigenvalue weighted by Gasteiger charge is 2.31. The Morgan fingerprint density at radius 1 is 1.00 bits per heavy atom. The number of aromatic carboxylic acids is 1. The normalized spacial score (nSPS) is 19.3. The minimum Gasteiger partial charge on any atom is -0.489 e. The Balaban J connectivity index is 1.61. The van der Waals surface area contributed by atoms with Gasteiger partial charge in [-0.3, -0.25) is 4.79 Å². The molecule has 3 rings (SSSR count). The van der Waals surface area contributed by atoms with E-state index < -0.39 is 18.0 Å². The lowest BCUT2D eigenvalue weighted by Gasteiger charge is -2.28. The molecule has 8 heteroatoms. The van der Waals surface area contributed by atoms with Crippen LogP contribution in [0.25, 0.3) is 0 Å². The first kappa shape index (κ1) is 22.7. The highest BCUT2D eigenvalue weighted by molar-refractivity contribution is 7.81. The summed E-state index contributed by atoms with van der Waals surface area (Å²) in [6.45, 7) is 0.239. The maximum atomic E-state index is 12.6. The second kappa shape index (κ2) is 10.3. The molecule has 1 amide bonds. The molecule has 0 aliphatic heterocycles. The number of hydrogen-bond donors (Lipinski definition) is 4. The molecule has 1 aliphatic rings. The minimum atomic E-state index is -1.15. The molecule has 7 nitrogen and oxygen atoms in total. The van der Waals surface area contributed by atoms with Gasteiger partial charge in [0.05, 0.1) is 5.56 Å². The van der Waals surface area contributed by atoms with Gasteiger partial charge in [0.2, 0.25) is 5.91 Å². The Kier molecular flexibility index (Phi) is 7.57. The van der Waals surface area contributed by atoms with Crippen molar-refractivity contribution in [1.82, 2.24) is 5.32 Å². The van der Waals surface area contributed by atoms with Crippen molar-refractivity contribution in [3.05, 3.63) is 65.2 Å². The monoisotopic (exact) mass is 443 g/mol. The fourth-order valence-electron chi connectivity index (χ4n) is 3.62. The van der Waals surface area contributed by atoms with E-state index in [0.29, 0.717) is 17.7 Å². The Bertz CT molecular complexity index is 928. The molecule has 0 spiro atoms. The maximum absolute atomic E-state index is 12.6. The lowest BCUT2D eigenvalue weighted by Crippen LogP contribution is -2.41. The third kappa shape index (κ3) is 6.01. The van der Waals surface area contributed by atoms with Crippen molar-refractivity contribution in [3.8, 4) is 5.75 Å². The van der Waals surface area contributed by atoms with E-state index in [0.717, 1.165) is 24.8 Å². The average Bonchev–Trinajstić information content (AvgIpc) is 2.76. The fourth-order valence-corrected chi connectivity index (χ4v) is 4.09. The SMILES string of the molecule is O=C(O)c1ccc(COc2ccc([C@@H](NC(=O)C3CCCCC3S)C(=O)O)cc2)cc1. The number of carbonyl (C=O) groups is 3. The van der Waals surface area contributed by atoms with Crippen LogP contribution in [0.1, 0.15) is 53.2 Å². The Morgan fingerprint density at radius 2 is 1.65 bits per heavy atom. The molecule has 0 aromatic heterocycles. The van der Waals surface area contributed by atoms with Gasteiger partial charge in [0.25, 0.3) is 0 Å². The van der Waals surface area contributed by atoms with E-state index in [1.807, 2.05) is 0 Å². The summed E-state index contributed by atoms with van der Waals surface area (Å²) in [7, 11) is 0. The maximum Gasteiger partial charge on any atom is 0.335 e. The fraction of sp³-hybridized carbons (Fsp3) is 0.348. The van der Waals surface area contributed by atoms with E-state index in [-0.39, 0.29) is 29.2 Å². The number of carbonyl (C=O) groups excluding carboxylic acids is 1. The molecular weight excluding hydrogens is 418 g/mol. The Morgan fingerprint density at radius 3 is 2.23 bits per heavy atom. The van der Waals surface area contributed by atoms with Crippen LogP contribution in [0.5, 0.6) is 5.75 Å². The van der Waals surface area contributed by atoms with Gasteiger partial charge in [-0.2, -0.15) is 12.6 Å². The van der Waals surface area contributed by atoms with Gasteiger partial charge in [-0.05, 0) is 48.2 Å². The number of aliphatic carboxylic acids is 1. The molecule has 2 aromatic carbocycles. The predicted molar refractivity (Wildman–Crippen MR) is 117 cm³/mol. The summed E-state index contributed by atoms with van der Waals surface area (Å²) in [5.74, 6) is -2.15. The van der Waals surface area contributed by atoms with Crippen LogP contribution >= 0.6 is 12.6 Å². The van der Waals surface area contributed by atoms with E-state index in [1.165, 1.54) is 12.1 Å². The molecule has 1 saturated carbocycles. The minimum absolute atomic E-state index is 0.0523. The highest BCUT2D eigenvalue weighted by atomic mass is 32.1. The molecule has 0 bridgehead atoms. The number of thiol groups is 1. The summed E-state index contributed by atoms with van der Waals surface area (Å²) in [5.41, 5.74) is 1.46.